The molecule has 0 aliphatic heterocycles. The Hall–Kier alpha value is -1.07. The minimum Gasteiger partial charge on any atom is -0.294 e. The summed E-state index contributed by atoms with van der Waals surface area (Å²) in [6, 6.07) is 8.61. The molecule has 0 bridgehead atoms. The van der Waals surface area contributed by atoms with Gasteiger partial charge < -0.3 is 0 Å². The van der Waals surface area contributed by atoms with E-state index in [9.17, 15) is 13.6 Å². The Morgan fingerprint density at radius 3 is 2.11 bits per heavy atom. The number of halogens is 4. The fraction of sp³-hybridized carbons (Fsp3) is 0.0714. The van der Waals surface area contributed by atoms with E-state index < -0.39 is 17.4 Å². The molecule has 0 radical (unpaired) electrons. The summed E-state index contributed by atoms with van der Waals surface area (Å²) in [5.41, 5.74) is 0.209. The smallest absolute Gasteiger partial charge is 0.170 e. The molecule has 0 heterocycles. The van der Waals surface area contributed by atoms with Gasteiger partial charge in [0.1, 0.15) is 11.6 Å². The zero-order valence-corrected chi connectivity index (χ0v) is 12.8. The Balaban J connectivity index is 2.25. The van der Waals surface area contributed by atoms with Gasteiger partial charge in [-0.1, -0.05) is 37.9 Å². The molecular formula is C14H8Br2F2O. The van der Waals surface area contributed by atoms with Gasteiger partial charge in [0.15, 0.2) is 5.78 Å². The minimum atomic E-state index is -0.614. The molecule has 0 spiro atoms. The summed E-state index contributed by atoms with van der Waals surface area (Å²) in [5.74, 6) is -1.55. The van der Waals surface area contributed by atoms with Gasteiger partial charge in [-0.25, -0.2) is 8.78 Å². The summed E-state index contributed by atoms with van der Waals surface area (Å²) in [6.07, 6.45) is -0.169. The highest BCUT2D eigenvalue weighted by Crippen LogP contribution is 2.20. The maximum atomic E-state index is 13.6. The first-order chi connectivity index (χ1) is 8.97. The van der Waals surface area contributed by atoms with E-state index in [-0.39, 0.29) is 17.5 Å². The van der Waals surface area contributed by atoms with Crippen LogP contribution in [0, 0.1) is 11.6 Å². The maximum Gasteiger partial charge on any atom is 0.170 e. The summed E-state index contributed by atoms with van der Waals surface area (Å²) in [6.45, 7) is 0. The lowest BCUT2D eigenvalue weighted by molar-refractivity contribution is 0.0988. The first-order valence-electron chi connectivity index (χ1n) is 5.39. The van der Waals surface area contributed by atoms with Gasteiger partial charge in [0, 0.05) is 15.4 Å². The van der Waals surface area contributed by atoms with Crippen molar-refractivity contribution in [3.63, 3.8) is 0 Å². The topological polar surface area (TPSA) is 17.1 Å². The standard InChI is InChI=1S/C14H8Br2F2O/c15-9-2-1-8(12(17)6-9)5-14(19)11-4-3-10(16)7-13(11)18/h1-4,6-7H,5H2. The quantitative estimate of drug-likeness (QED) is 0.681. The molecule has 0 saturated heterocycles. The van der Waals surface area contributed by atoms with Crippen molar-refractivity contribution in [1.82, 2.24) is 0 Å². The fourth-order valence-electron chi connectivity index (χ4n) is 1.65. The van der Waals surface area contributed by atoms with Crippen LogP contribution in [0.1, 0.15) is 15.9 Å². The molecule has 98 valence electrons. The highest BCUT2D eigenvalue weighted by molar-refractivity contribution is 9.10. The van der Waals surface area contributed by atoms with Crippen LogP contribution in [0.2, 0.25) is 0 Å². The van der Waals surface area contributed by atoms with Crippen LogP contribution in [0.4, 0.5) is 8.78 Å². The zero-order valence-electron chi connectivity index (χ0n) is 9.59. The molecule has 1 nitrogen and oxygen atoms in total. The van der Waals surface area contributed by atoms with Crippen LogP contribution < -0.4 is 0 Å². The van der Waals surface area contributed by atoms with Gasteiger partial charge in [-0.2, -0.15) is 0 Å². The third kappa shape index (κ3) is 3.48. The first kappa shape index (κ1) is 14.3. The van der Waals surface area contributed by atoms with Crippen molar-refractivity contribution < 1.29 is 13.6 Å². The summed E-state index contributed by atoms with van der Waals surface area (Å²) >= 11 is 6.25. The number of carbonyl (C=O) groups excluding carboxylic acids is 1. The van der Waals surface area contributed by atoms with Crippen molar-refractivity contribution in [3.8, 4) is 0 Å². The average Bonchev–Trinajstić information content (AvgIpc) is 2.32. The predicted molar refractivity (Wildman–Crippen MR) is 76.2 cm³/mol. The van der Waals surface area contributed by atoms with Crippen LogP contribution in [-0.2, 0) is 6.42 Å². The van der Waals surface area contributed by atoms with Crippen LogP contribution in [0.25, 0.3) is 0 Å². The molecule has 0 saturated carbocycles. The Labute approximate surface area is 125 Å². The van der Waals surface area contributed by atoms with Crippen molar-refractivity contribution in [2.24, 2.45) is 0 Å². The number of carbonyl (C=O) groups is 1. The molecule has 0 aliphatic carbocycles. The number of benzene rings is 2. The second-order valence-electron chi connectivity index (χ2n) is 3.96. The third-order valence-corrected chi connectivity index (χ3v) is 3.58. The third-order valence-electron chi connectivity index (χ3n) is 2.60. The van der Waals surface area contributed by atoms with E-state index in [2.05, 4.69) is 31.9 Å². The second-order valence-corrected chi connectivity index (χ2v) is 5.79. The molecule has 5 heteroatoms. The van der Waals surface area contributed by atoms with E-state index in [4.69, 9.17) is 0 Å². The molecule has 0 aliphatic rings. The van der Waals surface area contributed by atoms with E-state index in [0.717, 1.165) is 0 Å². The fourth-order valence-corrected chi connectivity index (χ4v) is 2.32. The Morgan fingerprint density at radius 1 is 0.947 bits per heavy atom. The maximum absolute atomic E-state index is 13.6. The Bertz CT molecular complexity index is 641. The number of Topliss-reactive ketones (excluding diaryl/α,β-unsaturated/α-hetero) is 1. The van der Waals surface area contributed by atoms with Gasteiger partial charge in [-0.3, -0.25) is 4.79 Å². The van der Waals surface area contributed by atoms with Gasteiger partial charge in [0.2, 0.25) is 0 Å². The number of hydrogen-bond acceptors (Lipinski definition) is 1. The molecule has 0 unspecified atom stereocenters. The van der Waals surface area contributed by atoms with Crippen molar-refractivity contribution in [1.29, 1.82) is 0 Å². The van der Waals surface area contributed by atoms with Gasteiger partial charge in [0.25, 0.3) is 0 Å². The average molecular weight is 390 g/mol. The molecule has 0 fully saturated rings. The van der Waals surface area contributed by atoms with Gasteiger partial charge in [-0.05, 0) is 35.9 Å². The number of hydrogen-bond donors (Lipinski definition) is 0. The molecule has 0 aromatic heterocycles. The highest BCUT2D eigenvalue weighted by atomic mass is 79.9. The van der Waals surface area contributed by atoms with Crippen molar-refractivity contribution >= 4 is 37.6 Å². The lowest BCUT2D eigenvalue weighted by atomic mass is 10.0. The molecule has 2 rings (SSSR count). The van der Waals surface area contributed by atoms with Crippen molar-refractivity contribution in [2.45, 2.75) is 6.42 Å². The highest BCUT2D eigenvalue weighted by Gasteiger charge is 2.14. The molecule has 19 heavy (non-hydrogen) atoms. The summed E-state index contributed by atoms with van der Waals surface area (Å²) in [7, 11) is 0. The zero-order chi connectivity index (χ0) is 14.0. The second kappa shape index (κ2) is 5.92. The van der Waals surface area contributed by atoms with Gasteiger partial charge >= 0.3 is 0 Å². The normalized spacial score (nSPS) is 10.5. The predicted octanol–water partition coefficient (Wildman–Crippen LogP) is 4.92. The van der Waals surface area contributed by atoms with Crippen LogP contribution in [0.5, 0.6) is 0 Å². The largest absolute Gasteiger partial charge is 0.294 e. The Morgan fingerprint density at radius 2 is 1.53 bits per heavy atom. The molecule has 0 N–H and O–H groups in total. The Kier molecular flexibility index (Phi) is 4.47. The van der Waals surface area contributed by atoms with Crippen LogP contribution in [-0.4, -0.2) is 5.78 Å². The minimum absolute atomic E-state index is 0.0366. The van der Waals surface area contributed by atoms with E-state index in [1.54, 1.807) is 12.1 Å². The van der Waals surface area contributed by atoms with Crippen molar-refractivity contribution in [2.75, 3.05) is 0 Å². The van der Waals surface area contributed by atoms with E-state index in [0.29, 0.717) is 8.95 Å². The van der Waals surface area contributed by atoms with Gasteiger partial charge in [0.05, 0.1) is 5.56 Å². The molecule has 0 amide bonds. The molecule has 2 aromatic carbocycles. The van der Waals surface area contributed by atoms with E-state index in [1.165, 1.54) is 24.3 Å². The van der Waals surface area contributed by atoms with Crippen LogP contribution in [0.15, 0.2) is 45.3 Å². The van der Waals surface area contributed by atoms with E-state index >= 15 is 0 Å². The van der Waals surface area contributed by atoms with E-state index in [1.807, 2.05) is 0 Å². The SMILES string of the molecule is O=C(Cc1ccc(Br)cc1F)c1ccc(Br)cc1F. The van der Waals surface area contributed by atoms with Crippen LogP contribution in [0.3, 0.4) is 0 Å². The molecular weight excluding hydrogens is 382 g/mol. The molecule has 2 aromatic rings. The van der Waals surface area contributed by atoms with Crippen LogP contribution >= 0.6 is 31.9 Å². The lowest BCUT2D eigenvalue weighted by Gasteiger charge is -2.05. The number of rotatable bonds is 3. The lowest BCUT2D eigenvalue weighted by Crippen LogP contribution is -2.07. The summed E-state index contributed by atoms with van der Waals surface area (Å²) < 4.78 is 28.4. The first-order valence-corrected chi connectivity index (χ1v) is 6.98. The monoisotopic (exact) mass is 388 g/mol. The van der Waals surface area contributed by atoms with Gasteiger partial charge in [-0.15, -0.1) is 0 Å². The van der Waals surface area contributed by atoms with Crippen molar-refractivity contribution in [3.05, 3.63) is 68.1 Å². The number of ketones is 1. The molecule has 0 atom stereocenters. The summed E-state index contributed by atoms with van der Waals surface area (Å²) in [5, 5.41) is 0. The summed E-state index contributed by atoms with van der Waals surface area (Å²) in [4.78, 5) is 11.9.